The van der Waals surface area contributed by atoms with Crippen LogP contribution in [0.3, 0.4) is 0 Å². The van der Waals surface area contributed by atoms with E-state index in [1.807, 2.05) is 0 Å². The van der Waals surface area contributed by atoms with Crippen molar-refractivity contribution in [3.8, 4) is 28.4 Å². The molecule has 3 aromatic rings. The van der Waals surface area contributed by atoms with Crippen LogP contribution in [0.2, 0.25) is 0 Å². The fourth-order valence-corrected chi connectivity index (χ4v) is 3.86. The number of aliphatic hydroxyl groups excluding tert-OH is 3. The summed E-state index contributed by atoms with van der Waals surface area (Å²) in [4.78, 5) is 35.3. The summed E-state index contributed by atoms with van der Waals surface area (Å²) in [6.07, 6.45) is -7.85. The summed E-state index contributed by atoms with van der Waals surface area (Å²) >= 11 is 0. The maximum atomic E-state index is 13.0. The predicted octanol–water partition coefficient (Wildman–Crippen LogP) is 0.466. The molecule has 1 aliphatic rings. The number of hydrogen-bond acceptors (Lipinski definition) is 12. The van der Waals surface area contributed by atoms with Crippen LogP contribution in [0, 0.1) is 0 Å². The van der Waals surface area contributed by atoms with E-state index in [-0.39, 0.29) is 28.0 Å². The van der Waals surface area contributed by atoms with E-state index in [1.165, 1.54) is 36.6 Å². The van der Waals surface area contributed by atoms with Gasteiger partial charge in [-0.3, -0.25) is 14.4 Å². The molecule has 5 unspecified atom stereocenters. The van der Waals surface area contributed by atoms with E-state index in [0.717, 1.165) is 6.07 Å². The molecule has 0 radical (unpaired) electrons. The van der Waals surface area contributed by atoms with Gasteiger partial charge in [-0.2, -0.15) is 0 Å². The van der Waals surface area contributed by atoms with E-state index in [4.69, 9.17) is 23.7 Å². The number of phenolic OH excluding ortho intramolecular Hbond substituents is 2. The number of aliphatic hydroxyl groups is 3. The van der Waals surface area contributed by atoms with Gasteiger partial charge >= 0.3 is 11.9 Å². The molecule has 0 aliphatic carbocycles. The Balaban J connectivity index is 1.53. The van der Waals surface area contributed by atoms with Gasteiger partial charge in [0.1, 0.15) is 65.5 Å². The van der Waals surface area contributed by atoms with Crippen LogP contribution in [0.25, 0.3) is 22.1 Å². The molecule has 13 nitrogen and oxygen atoms in total. The molecular weight excluding hydrogens is 508 g/mol. The lowest BCUT2D eigenvalue weighted by molar-refractivity contribution is -0.278. The van der Waals surface area contributed by atoms with Crippen molar-refractivity contribution in [2.24, 2.45) is 0 Å². The standard InChI is InChI=1S/C25H24O13/c26-12-3-1-11(2-4-12)14-9-35-16-8-13(7-15(27)20(16)21(14)31)37-25-24(34)23(33)22(32)17(38-25)10-36-19(30)6-5-18(28)29/h1-4,7-9,17,22-27,32-34H,5-6,10H2,(H,28,29). The number of rotatable bonds is 8. The van der Waals surface area contributed by atoms with E-state index in [9.17, 15) is 39.9 Å². The number of carbonyl (C=O) groups is 2. The molecule has 4 rings (SSSR count). The predicted molar refractivity (Wildman–Crippen MR) is 126 cm³/mol. The number of aliphatic carboxylic acids is 1. The van der Waals surface area contributed by atoms with Gasteiger partial charge in [-0.25, -0.2) is 0 Å². The summed E-state index contributed by atoms with van der Waals surface area (Å²) in [6, 6.07) is 8.09. The van der Waals surface area contributed by atoms with Gasteiger partial charge in [0, 0.05) is 12.1 Å². The Bertz CT molecular complexity index is 1380. The average Bonchev–Trinajstić information content (AvgIpc) is 2.87. The summed E-state index contributed by atoms with van der Waals surface area (Å²) in [7, 11) is 0. The van der Waals surface area contributed by atoms with Crippen LogP contribution in [0.15, 0.2) is 51.9 Å². The highest BCUT2D eigenvalue weighted by Crippen LogP contribution is 2.33. The second-order valence-electron chi connectivity index (χ2n) is 8.55. The fourth-order valence-electron chi connectivity index (χ4n) is 3.86. The number of benzene rings is 2. The van der Waals surface area contributed by atoms with Crippen LogP contribution in [-0.2, 0) is 19.1 Å². The summed E-state index contributed by atoms with van der Waals surface area (Å²) in [5.74, 6) is -2.70. The van der Waals surface area contributed by atoms with Crippen molar-refractivity contribution in [2.45, 2.75) is 43.5 Å². The second-order valence-corrected chi connectivity index (χ2v) is 8.55. The molecule has 1 fully saturated rings. The summed E-state index contributed by atoms with van der Waals surface area (Å²) in [6.45, 7) is -0.568. The fraction of sp³-hybridized carbons (Fsp3) is 0.320. The largest absolute Gasteiger partial charge is 0.508 e. The van der Waals surface area contributed by atoms with Crippen LogP contribution >= 0.6 is 0 Å². The topological polar surface area (TPSA) is 213 Å². The minimum atomic E-state index is -1.77. The van der Waals surface area contributed by atoms with E-state index < -0.39 is 73.3 Å². The number of hydrogen-bond donors (Lipinski definition) is 6. The van der Waals surface area contributed by atoms with Gasteiger partial charge in [-0.15, -0.1) is 0 Å². The van der Waals surface area contributed by atoms with Crippen LogP contribution in [0.5, 0.6) is 17.2 Å². The maximum absolute atomic E-state index is 13.0. The number of carboxylic acids is 1. The molecule has 1 aliphatic heterocycles. The molecule has 38 heavy (non-hydrogen) atoms. The number of carbonyl (C=O) groups excluding carboxylic acids is 1. The zero-order chi connectivity index (χ0) is 27.6. The highest BCUT2D eigenvalue weighted by molar-refractivity contribution is 5.88. The Kier molecular flexibility index (Phi) is 7.83. The van der Waals surface area contributed by atoms with Crippen LogP contribution in [-0.4, -0.2) is 79.9 Å². The van der Waals surface area contributed by atoms with Gasteiger partial charge in [-0.1, -0.05) is 12.1 Å². The third-order valence-electron chi connectivity index (χ3n) is 5.88. The molecule has 0 saturated carbocycles. The summed E-state index contributed by atoms with van der Waals surface area (Å²) < 4.78 is 21.4. The van der Waals surface area contributed by atoms with E-state index in [1.54, 1.807) is 0 Å². The molecule has 2 heterocycles. The smallest absolute Gasteiger partial charge is 0.306 e. The zero-order valence-corrected chi connectivity index (χ0v) is 19.6. The number of fused-ring (bicyclic) bond motifs is 1. The van der Waals surface area contributed by atoms with Crippen molar-refractivity contribution < 1.29 is 58.9 Å². The average molecular weight is 532 g/mol. The van der Waals surface area contributed by atoms with Crippen molar-refractivity contribution in [1.29, 1.82) is 0 Å². The minimum absolute atomic E-state index is 0.00640. The Morgan fingerprint density at radius 3 is 2.34 bits per heavy atom. The molecule has 0 amide bonds. The number of esters is 1. The van der Waals surface area contributed by atoms with E-state index >= 15 is 0 Å². The first kappa shape index (κ1) is 26.9. The third-order valence-corrected chi connectivity index (χ3v) is 5.88. The van der Waals surface area contributed by atoms with E-state index in [2.05, 4.69) is 0 Å². The lowest BCUT2D eigenvalue weighted by Crippen LogP contribution is -2.60. The minimum Gasteiger partial charge on any atom is -0.508 e. The second kappa shape index (κ2) is 11.1. The Morgan fingerprint density at radius 2 is 1.66 bits per heavy atom. The van der Waals surface area contributed by atoms with Crippen LogP contribution in [0.1, 0.15) is 12.8 Å². The van der Waals surface area contributed by atoms with Gasteiger partial charge in [-0.05, 0) is 17.7 Å². The van der Waals surface area contributed by atoms with Gasteiger partial charge in [0.05, 0.1) is 18.4 Å². The van der Waals surface area contributed by atoms with Gasteiger partial charge < -0.3 is 49.3 Å². The van der Waals surface area contributed by atoms with E-state index in [0.29, 0.717) is 5.56 Å². The Labute approximate surface area is 213 Å². The molecule has 0 bridgehead atoms. The molecule has 1 saturated heterocycles. The van der Waals surface area contributed by atoms with Crippen molar-refractivity contribution in [3.63, 3.8) is 0 Å². The third kappa shape index (κ3) is 5.70. The lowest BCUT2D eigenvalue weighted by atomic mass is 9.99. The maximum Gasteiger partial charge on any atom is 0.306 e. The first-order valence-corrected chi connectivity index (χ1v) is 11.4. The van der Waals surface area contributed by atoms with Crippen LogP contribution in [0.4, 0.5) is 0 Å². The highest BCUT2D eigenvalue weighted by Gasteiger charge is 2.45. The summed E-state index contributed by atoms with van der Waals surface area (Å²) in [5, 5.41) is 59.2. The van der Waals surface area contributed by atoms with Crippen molar-refractivity contribution in [1.82, 2.24) is 0 Å². The zero-order valence-electron chi connectivity index (χ0n) is 19.6. The lowest BCUT2D eigenvalue weighted by Gasteiger charge is -2.39. The number of phenols is 2. The normalized spacial score (nSPS) is 23.2. The number of aromatic hydroxyl groups is 2. The van der Waals surface area contributed by atoms with Crippen molar-refractivity contribution >= 4 is 22.9 Å². The molecule has 0 spiro atoms. The molecule has 202 valence electrons. The Hall–Kier alpha value is -4.17. The highest BCUT2D eigenvalue weighted by atomic mass is 16.7. The van der Waals surface area contributed by atoms with Crippen molar-refractivity contribution in [2.75, 3.05) is 6.61 Å². The van der Waals surface area contributed by atoms with Gasteiger partial charge in [0.25, 0.3) is 0 Å². The molecule has 2 aromatic carbocycles. The van der Waals surface area contributed by atoms with Gasteiger partial charge in [0.2, 0.25) is 11.7 Å². The number of carboxylic acid groups (broad SMARTS) is 1. The molecule has 5 atom stereocenters. The summed E-state index contributed by atoms with van der Waals surface area (Å²) in [5.41, 5.74) is -0.0508. The monoisotopic (exact) mass is 532 g/mol. The number of ether oxygens (including phenoxy) is 3. The Morgan fingerprint density at radius 1 is 0.947 bits per heavy atom. The first-order valence-electron chi connectivity index (χ1n) is 11.4. The molecular formula is C25H24O13. The quantitative estimate of drug-likeness (QED) is 0.218. The van der Waals surface area contributed by atoms with Crippen molar-refractivity contribution in [3.05, 3.63) is 52.9 Å². The molecule has 1 aromatic heterocycles. The first-order chi connectivity index (χ1) is 18.0. The molecule has 6 N–H and O–H groups in total. The SMILES string of the molecule is O=C(O)CCC(=O)OCC1OC(Oc2cc(O)c3c(=O)c(-c4ccc(O)cc4)coc3c2)C(O)C(O)C1O. The van der Waals surface area contributed by atoms with Gasteiger partial charge in [0.15, 0.2) is 0 Å². The van der Waals surface area contributed by atoms with Crippen LogP contribution < -0.4 is 10.2 Å². The molecule has 13 heteroatoms.